The fraction of sp³-hybridized carbons (Fsp3) is 0.667. The third-order valence-corrected chi connectivity index (χ3v) is 2.68. The van der Waals surface area contributed by atoms with Crippen LogP contribution in [0.15, 0.2) is 12.5 Å². The average Bonchev–Trinajstić information content (AvgIpc) is 2.86. The van der Waals surface area contributed by atoms with E-state index < -0.39 is 4.92 Å². The zero-order valence-electron chi connectivity index (χ0n) is 8.50. The van der Waals surface area contributed by atoms with Crippen LogP contribution in [0.3, 0.4) is 0 Å². The first kappa shape index (κ1) is 10.1. The lowest BCUT2D eigenvalue weighted by Crippen LogP contribution is -2.23. The molecule has 0 saturated carbocycles. The van der Waals surface area contributed by atoms with Gasteiger partial charge in [-0.2, -0.15) is 0 Å². The summed E-state index contributed by atoms with van der Waals surface area (Å²) >= 11 is 0. The summed E-state index contributed by atoms with van der Waals surface area (Å²) in [5.41, 5.74) is 0. The molecule has 82 valence electrons. The fourth-order valence-electron chi connectivity index (χ4n) is 1.83. The molecule has 0 spiro atoms. The van der Waals surface area contributed by atoms with Crippen molar-refractivity contribution in [2.45, 2.75) is 19.4 Å². The number of rotatable bonds is 4. The largest absolute Gasteiger partial charge is 0.381 e. The van der Waals surface area contributed by atoms with Gasteiger partial charge in [-0.25, -0.2) is 0 Å². The van der Waals surface area contributed by atoms with E-state index in [9.17, 15) is 10.1 Å². The van der Waals surface area contributed by atoms with Crippen molar-refractivity contribution in [3.63, 3.8) is 0 Å². The summed E-state index contributed by atoms with van der Waals surface area (Å²) in [6, 6.07) is 0. The summed E-state index contributed by atoms with van der Waals surface area (Å²) in [5, 5.41) is 10.4. The molecule has 1 aromatic heterocycles. The number of hydrogen-bond acceptors (Lipinski definition) is 4. The molecular formula is C9H14N4O2. The van der Waals surface area contributed by atoms with Crippen LogP contribution in [-0.2, 0) is 6.54 Å². The predicted octanol–water partition coefficient (Wildman–Crippen LogP) is 0.887. The number of imidazole rings is 1. The minimum atomic E-state index is -0.466. The molecular weight excluding hydrogens is 196 g/mol. The Kier molecular flexibility index (Phi) is 2.96. The Morgan fingerprint density at radius 3 is 2.73 bits per heavy atom. The summed E-state index contributed by atoms with van der Waals surface area (Å²) in [6.45, 7) is 4.03. The van der Waals surface area contributed by atoms with Crippen molar-refractivity contribution >= 4 is 5.82 Å². The predicted molar refractivity (Wildman–Crippen MR) is 54.6 cm³/mol. The Bertz CT molecular complexity index is 344. The molecule has 2 rings (SSSR count). The molecule has 0 N–H and O–H groups in total. The zero-order valence-corrected chi connectivity index (χ0v) is 8.50. The normalized spacial score (nSPS) is 17.1. The first-order chi connectivity index (χ1) is 7.25. The third kappa shape index (κ3) is 2.53. The highest BCUT2D eigenvalue weighted by molar-refractivity contribution is 5.12. The van der Waals surface area contributed by atoms with E-state index in [1.807, 2.05) is 0 Å². The first-order valence-electron chi connectivity index (χ1n) is 5.14. The van der Waals surface area contributed by atoms with Crippen LogP contribution in [0.1, 0.15) is 12.8 Å². The van der Waals surface area contributed by atoms with Gasteiger partial charge in [0.1, 0.15) is 6.20 Å². The van der Waals surface area contributed by atoms with Crippen LogP contribution in [0.5, 0.6) is 0 Å². The third-order valence-electron chi connectivity index (χ3n) is 2.68. The Labute approximate surface area is 87.7 Å². The van der Waals surface area contributed by atoms with Gasteiger partial charge in [0.2, 0.25) is 6.33 Å². The maximum absolute atomic E-state index is 10.4. The van der Waals surface area contributed by atoms with Gasteiger partial charge < -0.3 is 19.6 Å². The van der Waals surface area contributed by atoms with Crippen molar-refractivity contribution in [3.05, 3.63) is 22.6 Å². The molecule has 0 radical (unpaired) electrons. The SMILES string of the molecule is O=[N+]([O-])c1cn(CCN2CCCC2)cn1. The monoisotopic (exact) mass is 210 g/mol. The highest BCUT2D eigenvalue weighted by Gasteiger charge is 2.13. The number of nitrogens with zero attached hydrogens (tertiary/aromatic N) is 4. The average molecular weight is 210 g/mol. The zero-order chi connectivity index (χ0) is 10.7. The van der Waals surface area contributed by atoms with E-state index in [4.69, 9.17) is 0 Å². The van der Waals surface area contributed by atoms with Gasteiger partial charge in [-0.05, 0) is 35.8 Å². The summed E-state index contributed by atoms with van der Waals surface area (Å²) in [4.78, 5) is 16.0. The number of hydrogen-bond donors (Lipinski definition) is 0. The quantitative estimate of drug-likeness (QED) is 0.546. The second kappa shape index (κ2) is 4.39. The Morgan fingerprint density at radius 2 is 2.13 bits per heavy atom. The van der Waals surface area contributed by atoms with Crippen molar-refractivity contribution in [1.29, 1.82) is 0 Å². The van der Waals surface area contributed by atoms with Crippen LogP contribution < -0.4 is 0 Å². The second-order valence-electron chi connectivity index (χ2n) is 3.78. The van der Waals surface area contributed by atoms with Crippen molar-refractivity contribution < 1.29 is 4.92 Å². The smallest absolute Gasteiger partial charge is 0.358 e. The van der Waals surface area contributed by atoms with Crippen molar-refractivity contribution in [3.8, 4) is 0 Å². The molecule has 0 aromatic carbocycles. The van der Waals surface area contributed by atoms with Crippen LogP contribution in [0, 0.1) is 10.1 Å². The lowest BCUT2D eigenvalue weighted by molar-refractivity contribution is -0.389. The van der Waals surface area contributed by atoms with Gasteiger partial charge in [0, 0.05) is 13.1 Å². The van der Waals surface area contributed by atoms with Crippen molar-refractivity contribution in [1.82, 2.24) is 14.5 Å². The fourth-order valence-corrected chi connectivity index (χ4v) is 1.83. The van der Waals surface area contributed by atoms with Crippen LogP contribution in [0.25, 0.3) is 0 Å². The van der Waals surface area contributed by atoms with Crippen LogP contribution in [-0.4, -0.2) is 39.0 Å². The molecule has 6 nitrogen and oxygen atoms in total. The van der Waals surface area contributed by atoms with Crippen LogP contribution in [0.4, 0.5) is 5.82 Å². The van der Waals surface area contributed by atoms with Crippen molar-refractivity contribution in [2.24, 2.45) is 0 Å². The molecule has 0 bridgehead atoms. The second-order valence-corrected chi connectivity index (χ2v) is 3.78. The Balaban J connectivity index is 1.84. The highest BCUT2D eigenvalue weighted by atomic mass is 16.6. The summed E-state index contributed by atoms with van der Waals surface area (Å²) < 4.78 is 1.77. The van der Waals surface area contributed by atoms with Gasteiger partial charge in [-0.15, -0.1) is 0 Å². The van der Waals surface area contributed by atoms with E-state index in [-0.39, 0.29) is 5.82 Å². The summed E-state index contributed by atoms with van der Waals surface area (Å²) in [7, 11) is 0. The van der Waals surface area contributed by atoms with E-state index in [0.29, 0.717) is 0 Å². The van der Waals surface area contributed by atoms with Crippen molar-refractivity contribution in [2.75, 3.05) is 19.6 Å². The minimum absolute atomic E-state index is 0.0728. The van der Waals surface area contributed by atoms with Gasteiger partial charge in [0.15, 0.2) is 0 Å². The topological polar surface area (TPSA) is 64.2 Å². The lowest BCUT2D eigenvalue weighted by atomic mass is 10.4. The van der Waals surface area contributed by atoms with E-state index in [1.54, 1.807) is 4.57 Å². The number of likely N-dealkylation sites (tertiary alicyclic amines) is 1. The molecule has 0 atom stereocenters. The molecule has 6 heteroatoms. The highest BCUT2D eigenvalue weighted by Crippen LogP contribution is 2.09. The van der Waals surface area contributed by atoms with Gasteiger partial charge in [0.25, 0.3) is 0 Å². The Morgan fingerprint density at radius 1 is 1.40 bits per heavy atom. The molecule has 0 amide bonds. The molecule has 15 heavy (non-hydrogen) atoms. The van der Waals surface area contributed by atoms with Gasteiger partial charge in [-0.3, -0.25) is 0 Å². The summed E-state index contributed by atoms with van der Waals surface area (Å²) in [6.07, 6.45) is 5.54. The maximum atomic E-state index is 10.4. The molecule has 1 saturated heterocycles. The molecule has 1 aromatic rings. The summed E-state index contributed by atoms with van der Waals surface area (Å²) in [5.74, 6) is -0.0728. The molecule has 2 heterocycles. The van der Waals surface area contributed by atoms with E-state index in [0.717, 1.165) is 26.2 Å². The molecule has 1 aliphatic rings. The van der Waals surface area contributed by atoms with E-state index in [2.05, 4.69) is 9.88 Å². The van der Waals surface area contributed by atoms with Crippen LogP contribution >= 0.6 is 0 Å². The number of nitro groups is 1. The lowest BCUT2D eigenvalue weighted by Gasteiger charge is -2.13. The van der Waals surface area contributed by atoms with E-state index >= 15 is 0 Å². The minimum Gasteiger partial charge on any atom is -0.358 e. The molecule has 1 fully saturated rings. The maximum Gasteiger partial charge on any atom is 0.381 e. The molecule has 1 aliphatic heterocycles. The van der Waals surface area contributed by atoms with Crippen LogP contribution in [0.2, 0.25) is 0 Å². The number of aromatic nitrogens is 2. The molecule has 0 aliphatic carbocycles. The van der Waals surface area contributed by atoms with Gasteiger partial charge >= 0.3 is 5.82 Å². The standard InChI is InChI=1S/C9H14N4O2/c14-13(15)9-7-12(8-10-9)6-5-11-3-1-2-4-11/h7-8H,1-6H2. The molecule has 0 unspecified atom stereocenters. The van der Waals surface area contributed by atoms with Gasteiger partial charge in [0.05, 0.1) is 0 Å². The first-order valence-corrected chi connectivity index (χ1v) is 5.14. The van der Waals surface area contributed by atoms with Gasteiger partial charge in [-0.1, -0.05) is 0 Å². The van der Waals surface area contributed by atoms with E-state index in [1.165, 1.54) is 25.4 Å². The Hall–Kier alpha value is -1.43.